The Balaban J connectivity index is 2.07. The number of methoxy groups -OCH3 is 1. The van der Waals surface area contributed by atoms with E-state index in [4.69, 9.17) is 27.9 Å². The van der Waals surface area contributed by atoms with Crippen LogP contribution in [-0.2, 0) is 4.74 Å². The number of anilines is 1. The molecule has 0 saturated heterocycles. The smallest absolute Gasteiger partial charge is 0.0835 e. The Kier molecular flexibility index (Phi) is 5.19. The first-order valence-electron chi connectivity index (χ1n) is 6.04. The van der Waals surface area contributed by atoms with Crippen LogP contribution in [-0.4, -0.2) is 19.3 Å². The molecule has 1 aliphatic carbocycles. The Morgan fingerprint density at radius 3 is 2.78 bits per heavy atom. The van der Waals surface area contributed by atoms with Gasteiger partial charge in [-0.15, -0.1) is 0 Å². The normalized spacial score (nSPS) is 24.0. The van der Waals surface area contributed by atoms with Gasteiger partial charge in [0.25, 0.3) is 0 Å². The predicted octanol–water partition coefficient (Wildman–Crippen LogP) is 5.13. The highest BCUT2D eigenvalue weighted by molar-refractivity contribution is 9.10. The summed E-state index contributed by atoms with van der Waals surface area (Å²) < 4.78 is 6.24. The van der Waals surface area contributed by atoms with Crippen molar-refractivity contribution in [1.82, 2.24) is 0 Å². The zero-order valence-electron chi connectivity index (χ0n) is 10.2. The molecule has 100 valence electrons. The molecule has 5 heteroatoms. The lowest BCUT2D eigenvalue weighted by atomic mass is 9.92. The van der Waals surface area contributed by atoms with Gasteiger partial charge in [0.15, 0.2) is 0 Å². The van der Waals surface area contributed by atoms with E-state index in [0.29, 0.717) is 22.2 Å². The van der Waals surface area contributed by atoms with Crippen LogP contribution in [0, 0.1) is 0 Å². The summed E-state index contributed by atoms with van der Waals surface area (Å²) in [6.07, 6.45) is 4.83. The fraction of sp³-hybridized carbons (Fsp3) is 0.538. The van der Waals surface area contributed by atoms with Gasteiger partial charge in [0.05, 0.1) is 21.8 Å². The maximum absolute atomic E-state index is 6.23. The van der Waals surface area contributed by atoms with Gasteiger partial charge in [-0.3, -0.25) is 0 Å². The summed E-state index contributed by atoms with van der Waals surface area (Å²) >= 11 is 15.7. The molecule has 1 aromatic carbocycles. The minimum Gasteiger partial charge on any atom is -0.381 e. The molecule has 0 amide bonds. The van der Waals surface area contributed by atoms with Crippen molar-refractivity contribution in [2.45, 2.75) is 37.8 Å². The molecule has 1 aromatic rings. The van der Waals surface area contributed by atoms with Crippen molar-refractivity contribution in [2.24, 2.45) is 0 Å². The molecule has 0 heterocycles. The van der Waals surface area contributed by atoms with Gasteiger partial charge in [-0.05, 0) is 53.7 Å². The number of halogens is 3. The quantitative estimate of drug-likeness (QED) is 0.761. The molecule has 2 nitrogen and oxygen atoms in total. The number of rotatable bonds is 3. The first kappa shape index (κ1) is 14.4. The summed E-state index contributed by atoms with van der Waals surface area (Å²) in [5, 5.41) is 4.60. The van der Waals surface area contributed by atoms with Gasteiger partial charge in [0, 0.05) is 17.6 Å². The molecule has 0 radical (unpaired) electrons. The second-order valence-corrected chi connectivity index (χ2v) is 6.20. The molecular weight excluding hydrogens is 337 g/mol. The van der Waals surface area contributed by atoms with E-state index in [1.54, 1.807) is 7.11 Å². The van der Waals surface area contributed by atoms with Crippen molar-refractivity contribution in [1.29, 1.82) is 0 Å². The highest BCUT2D eigenvalue weighted by atomic mass is 79.9. The number of ether oxygens (including phenoxy) is 1. The lowest BCUT2D eigenvalue weighted by Crippen LogP contribution is -2.31. The van der Waals surface area contributed by atoms with Crippen molar-refractivity contribution in [3.8, 4) is 0 Å². The van der Waals surface area contributed by atoms with E-state index >= 15 is 0 Å². The molecule has 1 N–H and O–H groups in total. The first-order chi connectivity index (χ1) is 8.61. The van der Waals surface area contributed by atoms with E-state index in [2.05, 4.69) is 21.2 Å². The molecule has 2 unspecified atom stereocenters. The van der Waals surface area contributed by atoms with Gasteiger partial charge in [-0.25, -0.2) is 0 Å². The average molecular weight is 353 g/mol. The Hall–Kier alpha value is 0.0400. The third-order valence-corrected chi connectivity index (χ3v) is 5.13. The lowest BCUT2D eigenvalue weighted by Gasteiger charge is -2.30. The van der Waals surface area contributed by atoms with Gasteiger partial charge >= 0.3 is 0 Å². The second kappa shape index (κ2) is 6.47. The summed E-state index contributed by atoms with van der Waals surface area (Å²) in [6.45, 7) is 0. The number of hydrogen-bond acceptors (Lipinski definition) is 2. The Morgan fingerprint density at radius 2 is 2.06 bits per heavy atom. The van der Waals surface area contributed by atoms with E-state index in [1.165, 1.54) is 6.42 Å². The van der Waals surface area contributed by atoms with E-state index in [-0.39, 0.29) is 0 Å². The monoisotopic (exact) mass is 351 g/mol. The first-order valence-corrected chi connectivity index (χ1v) is 7.59. The van der Waals surface area contributed by atoms with Gasteiger partial charge in [-0.1, -0.05) is 23.2 Å². The molecule has 0 aliphatic heterocycles. The summed E-state index contributed by atoms with van der Waals surface area (Å²) in [7, 11) is 1.77. The van der Waals surface area contributed by atoms with E-state index in [0.717, 1.165) is 29.4 Å². The maximum Gasteiger partial charge on any atom is 0.0835 e. The van der Waals surface area contributed by atoms with Crippen molar-refractivity contribution in [3.05, 3.63) is 26.7 Å². The van der Waals surface area contributed by atoms with Crippen molar-refractivity contribution >= 4 is 44.8 Å². The largest absolute Gasteiger partial charge is 0.381 e. The Labute approximate surface area is 126 Å². The molecule has 1 aliphatic rings. The SMILES string of the molecule is COC1CCCC(Nc2ccc(Br)c(Cl)c2Cl)C1. The fourth-order valence-electron chi connectivity index (χ4n) is 2.35. The lowest BCUT2D eigenvalue weighted by molar-refractivity contribution is 0.0669. The maximum atomic E-state index is 6.23. The molecule has 18 heavy (non-hydrogen) atoms. The summed E-state index contributed by atoms with van der Waals surface area (Å²) in [6, 6.07) is 4.26. The fourth-order valence-corrected chi connectivity index (χ4v) is 3.18. The van der Waals surface area contributed by atoms with Gasteiger partial charge in [0.1, 0.15) is 0 Å². The average Bonchev–Trinajstić information content (AvgIpc) is 2.40. The molecule has 0 spiro atoms. The zero-order chi connectivity index (χ0) is 13.1. The van der Waals surface area contributed by atoms with Crippen LogP contribution in [0.15, 0.2) is 16.6 Å². The molecule has 1 saturated carbocycles. The summed E-state index contributed by atoms with van der Waals surface area (Å²) in [4.78, 5) is 0. The number of nitrogens with one attached hydrogen (secondary N) is 1. The van der Waals surface area contributed by atoms with Crippen LogP contribution < -0.4 is 5.32 Å². The van der Waals surface area contributed by atoms with Crippen LogP contribution in [0.4, 0.5) is 5.69 Å². The van der Waals surface area contributed by atoms with Crippen molar-refractivity contribution < 1.29 is 4.74 Å². The van der Waals surface area contributed by atoms with E-state index in [1.807, 2.05) is 12.1 Å². The Morgan fingerprint density at radius 1 is 1.28 bits per heavy atom. The van der Waals surface area contributed by atoms with Crippen LogP contribution >= 0.6 is 39.1 Å². The number of benzene rings is 1. The summed E-state index contributed by atoms with van der Waals surface area (Å²) in [5.41, 5.74) is 0.895. The molecule has 0 aromatic heterocycles. The van der Waals surface area contributed by atoms with Crippen LogP contribution in [0.3, 0.4) is 0 Å². The van der Waals surface area contributed by atoms with Gasteiger partial charge in [0.2, 0.25) is 0 Å². The van der Waals surface area contributed by atoms with Crippen LogP contribution in [0.2, 0.25) is 10.0 Å². The highest BCUT2D eigenvalue weighted by Gasteiger charge is 2.22. The zero-order valence-corrected chi connectivity index (χ0v) is 13.3. The van der Waals surface area contributed by atoms with E-state index < -0.39 is 0 Å². The van der Waals surface area contributed by atoms with E-state index in [9.17, 15) is 0 Å². The molecule has 2 atom stereocenters. The molecular formula is C13H16BrCl2NO. The van der Waals surface area contributed by atoms with Gasteiger partial charge < -0.3 is 10.1 Å². The van der Waals surface area contributed by atoms with Crippen LogP contribution in [0.5, 0.6) is 0 Å². The number of hydrogen-bond donors (Lipinski definition) is 1. The van der Waals surface area contributed by atoms with Crippen LogP contribution in [0.25, 0.3) is 0 Å². The standard InChI is InChI=1S/C13H16BrCl2NO/c1-18-9-4-2-3-8(7-9)17-11-6-5-10(14)12(15)13(11)16/h5-6,8-9,17H,2-4,7H2,1H3. The minimum absolute atomic E-state index is 0.348. The highest BCUT2D eigenvalue weighted by Crippen LogP contribution is 2.37. The van der Waals surface area contributed by atoms with Crippen molar-refractivity contribution in [3.63, 3.8) is 0 Å². The minimum atomic E-state index is 0.348. The van der Waals surface area contributed by atoms with Gasteiger partial charge in [-0.2, -0.15) is 0 Å². The molecule has 1 fully saturated rings. The molecule has 0 bridgehead atoms. The van der Waals surface area contributed by atoms with Crippen LogP contribution in [0.1, 0.15) is 25.7 Å². The second-order valence-electron chi connectivity index (χ2n) is 4.59. The Bertz CT molecular complexity index is 428. The third-order valence-electron chi connectivity index (χ3n) is 3.35. The predicted molar refractivity (Wildman–Crippen MR) is 80.8 cm³/mol. The third kappa shape index (κ3) is 3.32. The topological polar surface area (TPSA) is 21.3 Å². The molecule has 2 rings (SSSR count). The summed E-state index contributed by atoms with van der Waals surface area (Å²) in [5.74, 6) is 0. The van der Waals surface area contributed by atoms with Crippen molar-refractivity contribution in [2.75, 3.05) is 12.4 Å².